The van der Waals surface area contributed by atoms with Gasteiger partial charge in [-0.05, 0) is 42.9 Å². The third-order valence-corrected chi connectivity index (χ3v) is 9.36. The smallest absolute Gasteiger partial charge is 0.410 e. The van der Waals surface area contributed by atoms with E-state index in [9.17, 15) is 14.4 Å². The van der Waals surface area contributed by atoms with Crippen molar-refractivity contribution in [3.05, 3.63) is 12.7 Å². The van der Waals surface area contributed by atoms with Crippen LogP contribution in [0.4, 0.5) is 4.79 Å². The van der Waals surface area contributed by atoms with Gasteiger partial charge < -0.3 is 23.8 Å². The van der Waals surface area contributed by atoms with Crippen LogP contribution in [0, 0.1) is 34.5 Å². The van der Waals surface area contributed by atoms with Crippen molar-refractivity contribution in [2.75, 3.05) is 26.3 Å². The predicted molar refractivity (Wildman–Crippen MR) is 156 cm³/mol. The molecule has 2 saturated heterocycles. The Morgan fingerprint density at radius 2 is 1.71 bits per heavy atom. The molecule has 10 heteroatoms. The summed E-state index contributed by atoms with van der Waals surface area (Å²) in [6.07, 6.45) is 1.18. The SMILES string of the molecule is C=CCOC(=O)N1CC(C(=O)C[C@H]2NC(=O)[C@H]2[C@@H](CO[SiH](C)C)C(C)(C)C)C(C(O[SiH](C)C)C(C)(C)C)C1. The highest BCUT2D eigenvalue weighted by molar-refractivity contribution is 6.48. The van der Waals surface area contributed by atoms with Crippen molar-refractivity contribution >= 4 is 35.9 Å². The van der Waals surface area contributed by atoms with Crippen LogP contribution in [0.15, 0.2) is 12.7 Å². The summed E-state index contributed by atoms with van der Waals surface area (Å²) in [5.41, 5.74) is -0.341. The van der Waals surface area contributed by atoms with Crippen molar-refractivity contribution in [1.82, 2.24) is 10.2 Å². The maximum Gasteiger partial charge on any atom is 0.410 e. The molecule has 0 aromatic heterocycles. The fourth-order valence-corrected chi connectivity index (χ4v) is 7.53. The number of hydrogen-bond acceptors (Lipinski definition) is 6. The number of hydrogen-bond donors (Lipinski definition) is 1. The largest absolute Gasteiger partial charge is 0.445 e. The molecule has 1 N–H and O–H groups in total. The fraction of sp³-hybridized carbons (Fsp3) is 0.821. The first-order valence-electron chi connectivity index (χ1n) is 14.1. The Bertz CT molecular complexity index is 851. The van der Waals surface area contributed by atoms with E-state index in [4.69, 9.17) is 13.6 Å². The van der Waals surface area contributed by atoms with Gasteiger partial charge in [0.05, 0.1) is 12.0 Å². The molecule has 3 unspecified atom stereocenters. The van der Waals surface area contributed by atoms with E-state index in [2.05, 4.69) is 79.6 Å². The molecule has 2 heterocycles. The predicted octanol–water partition coefficient (Wildman–Crippen LogP) is 4.01. The summed E-state index contributed by atoms with van der Waals surface area (Å²) < 4.78 is 17.9. The maximum absolute atomic E-state index is 13.9. The highest BCUT2D eigenvalue weighted by atomic mass is 28.3. The summed E-state index contributed by atoms with van der Waals surface area (Å²) in [7, 11) is -2.68. The number of carbonyl (C=O) groups is 3. The molecule has 2 rings (SSSR count). The van der Waals surface area contributed by atoms with Gasteiger partial charge in [-0.25, -0.2) is 4.79 Å². The van der Waals surface area contributed by atoms with Crippen molar-refractivity contribution in [3.8, 4) is 0 Å². The van der Waals surface area contributed by atoms with Crippen LogP contribution in [0.1, 0.15) is 48.0 Å². The van der Waals surface area contributed by atoms with Crippen LogP contribution >= 0.6 is 0 Å². The lowest BCUT2D eigenvalue weighted by atomic mass is 9.66. The molecule has 8 nitrogen and oxygen atoms in total. The van der Waals surface area contributed by atoms with Crippen LogP contribution < -0.4 is 5.32 Å². The number of rotatable bonds is 12. The van der Waals surface area contributed by atoms with E-state index in [0.717, 1.165) is 0 Å². The minimum atomic E-state index is -1.42. The molecule has 2 fully saturated rings. The Morgan fingerprint density at radius 3 is 2.18 bits per heavy atom. The van der Waals surface area contributed by atoms with Gasteiger partial charge in [-0.3, -0.25) is 9.59 Å². The number of amides is 2. The second-order valence-corrected chi connectivity index (χ2v) is 18.5. The number of carbonyl (C=O) groups excluding carboxylic acids is 3. The van der Waals surface area contributed by atoms with Crippen LogP contribution in [0.5, 0.6) is 0 Å². The van der Waals surface area contributed by atoms with Gasteiger partial charge in [0.2, 0.25) is 5.91 Å². The van der Waals surface area contributed by atoms with E-state index < -0.39 is 24.2 Å². The Kier molecular flexibility index (Phi) is 11.4. The third kappa shape index (κ3) is 8.50. The number of Topliss-reactive ketones (excluding diaryl/α,β-unsaturated/α-hetero) is 1. The van der Waals surface area contributed by atoms with Crippen molar-refractivity contribution < 1.29 is 28.0 Å². The Balaban J connectivity index is 2.29. The second-order valence-electron chi connectivity index (χ2n) is 13.7. The Morgan fingerprint density at radius 1 is 1.08 bits per heavy atom. The first-order chi connectivity index (χ1) is 17.5. The number of nitrogens with one attached hydrogen (secondary N) is 1. The van der Waals surface area contributed by atoms with Gasteiger partial charge in [0.15, 0.2) is 18.1 Å². The van der Waals surface area contributed by atoms with E-state index in [1.807, 2.05) is 0 Å². The van der Waals surface area contributed by atoms with E-state index in [1.165, 1.54) is 6.08 Å². The monoisotopic (exact) mass is 568 g/mol. The first kappa shape index (κ1) is 32.7. The zero-order valence-corrected chi connectivity index (χ0v) is 27.6. The van der Waals surface area contributed by atoms with E-state index in [-0.39, 0.29) is 71.4 Å². The molecule has 6 atom stereocenters. The van der Waals surface area contributed by atoms with Crippen molar-refractivity contribution in [2.45, 2.75) is 86.3 Å². The molecular weight excluding hydrogens is 516 g/mol. The molecule has 218 valence electrons. The third-order valence-electron chi connectivity index (χ3n) is 7.66. The summed E-state index contributed by atoms with van der Waals surface area (Å²) in [4.78, 5) is 41.1. The molecule has 0 aliphatic carbocycles. The molecule has 0 aromatic rings. The molecule has 2 amide bonds. The fourth-order valence-electron chi connectivity index (χ4n) is 5.74. The van der Waals surface area contributed by atoms with Gasteiger partial charge in [-0.1, -0.05) is 54.2 Å². The van der Waals surface area contributed by atoms with E-state index in [0.29, 0.717) is 19.7 Å². The average molecular weight is 569 g/mol. The van der Waals surface area contributed by atoms with Crippen molar-refractivity contribution in [3.63, 3.8) is 0 Å². The molecule has 0 saturated carbocycles. The van der Waals surface area contributed by atoms with Crippen LogP contribution in [0.2, 0.25) is 26.2 Å². The zero-order chi connectivity index (χ0) is 29.0. The first-order valence-corrected chi connectivity index (χ1v) is 19.7. The molecule has 0 spiro atoms. The summed E-state index contributed by atoms with van der Waals surface area (Å²) in [6, 6.07) is -0.229. The van der Waals surface area contributed by atoms with Crippen molar-refractivity contribution in [2.24, 2.45) is 34.5 Å². The maximum atomic E-state index is 13.9. The van der Waals surface area contributed by atoms with Crippen LogP contribution in [-0.4, -0.2) is 79.2 Å². The van der Waals surface area contributed by atoms with Gasteiger partial charge >= 0.3 is 6.09 Å². The molecule has 0 bridgehead atoms. The molecule has 38 heavy (non-hydrogen) atoms. The number of ketones is 1. The topological polar surface area (TPSA) is 94.2 Å². The number of β-lactam (4-membered cyclic amide) rings is 1. The summed E-state index contributed by atoms with van der Waals surface area (Å²) in [6.45, 7) is 26.3. The molecule has 0 aromatic carbocycles. The minimum absolute atomic E-state index is 0.00365. The van der Waals surface area contributed by atoms with Gasteiger partial charge in [0.1, 0.15) is 12.4 Å². The summed E-state index contributed by atoms with van der Waals surface area (Å²) in [5, 5.41) is 3.01. The van der Waals surface area contributed by atoms with Gasteiger partial charge in [-0.2, -0.15) is 0 Å². The number of likely N-dealkylation sites (tertiary alicyclic amines) is 1. The van der Waals surface area contributed by atoms with Crippen LogP contribution in [0.25, 0.3) is 0 Å². The molecule has 2 aliphatic heterocycles. The van der Waals surface area contributed by atoms with Crippen LogP contribution in [0.3, 0.4) is 0 Å². The highest BCUT2D eigenvalue weighted by Crippen LogP contribution is 2.42. The van der Waals surface area contributed by atoms with Gasteiger partial charge in [0.25, 0.3) is 0 Å². The lowest BCUT2D eigenvalue weighted by Gasteiger charge is -2.47. The van der Waals surface area contributed by atoms with Crippen LogP contribution in [-0.2, 0) is 23.2 Å². The minimum Gasteiger partial charge on any atom is -0.445 e. The molecule has 2 aliphatic rings. The van der Waals surface area contributed by atoms with Crippen molar-refractivity contribution in [1.29, 1.82) is 0 Å². The second kappa shape index (κ2) is 13.2. The number of nitrogens with zero attached hydrogens (tertiary/aromatic N) is 1. The van der Waals surface area contributed by atoms with Gasteiger partial charge in [0, 0.05) is 44.0 Å². The van der Waals surface area contributed by atoms with E-state index >= 15 is 0 Å². The lowest BCUT2D eigenvalue weighted by molar-refractivity contribution is -0.144. The zero-order valence-electron chi connectivity index (χ0n) is 25.3. The summed E-state index contributed by atoms with van der Waals surface area (Å²) >= 11 is 0. The average Bonchev–Trinajstić information content (AvgIpc) is 3.21. The molecular formula is C28H52N2O6Si2. The standard InChI is InChI=1S/C28H52N2O6Si2/c1-12-13-34-26(33)30-15-18(19(16-30)24(28(5,6)7)36-38(10)11)22(31)14-21-23(25(32)29-21)20(27(2,3)4)17-35-37(8)9/h12,18-21,23-24,37-38H,1,13-17H2,2-11H3,(H,29,32)/t18?,19?,20-,21-,23+,24?/m1/s1. The Labute approximate surface area is 233 Å². The van der Waals surface area contributed by atoms with E-state index in [1.54, 1.807) is 4.90 Å². The Hall–Kier alpha value is -1.50. The molecule has 0 radical (unpaired) electrons. The summed E-state index contributed by atoms with van der Waals surface area (Å²) in [5.74, 6) is -0.704. The lowest BCUT2D eigenvalue weighted by Crippen LogP contribution is -2.64. The number of ether oxygens (including phenoxy) is 1. The quantitative estimate of drug-likeness (QED) is 0.217. The van der Waals surface area contributed by atoms with Gasteiger partial charge in [-0.15, -0.1) is 0 Å². The highest BCUT2D eigenvalue weighted by Gasteiger charge is 2.52. The normalized spacial score (nSPS) is 25.7.